The summed E-state index contributed by atoms with van der Waals surface area (Å²) >= 11 is 5.64. The van der Waals surface area contributed by atoms with Gasteiger partial charge >= 0.3 is 5.97 Å². The van der Waals surface area contributed by atoms with Gasteiger partial charge in [-0.15, -0.1) is 0 Å². The van der Waals surface area contributed by atoms with Gasteiger partial charge in [0.1, 0.15) is 11.9 Å². The quantitative estimate of drug-likeness (QED) is 0.895. The minimum absolute atomic E-state index is 0.00797. The number of likely N-dealkylation sites (tertiary alicyclic amines) is 1. The van der Waals surface area contributed by atoms with Crippen molar-refractivity contribution in [2.24, 2.45) is 0 Å². The molecule has 114 valence electrons. The van der Waals surface area contributed by atoms with Gasteiger partial charge in [-0.1, -0.05) is 18.0 Å². The number of piperidine rings is 1. The number of carboxylic acid groups (broad SMARTS) is 1. The molecule has 0 radical (unpaired) electrons. The van der Waals surface area contributed by atoms with E-state index in [4.69, 9.17) is 16.7 Å². The Hall–Kier alpha value is -1.66. The van der Waals surface area contributed by atoms with Crippen LogP contribution in [0.1, 0.15) is 19.3 Å². The number of benzene rings is 1. The van der Waals surface area contributed by atoms with Crippen molar-refractivity contribution >= 4 is 29.2 Å². The van der Waals surface area contributed by atoms with Crippen LogP contribution in [-0.2, 0) is 9.59 Å². The zero-order valence-electron chi connectivity index (χ0n) is 11.3. The average molecular weight is 315 g/mol. The van der Waals surface area contributed by atoms with E-state index in [-0.39, 0.29) is 17.5 Å². The Labute approximate surface area is 126 Å². The second-order valence-electron chi connectivity index (χ2n) is 5.00. The number of hydrogen-bond acceptors (Lipinski definition) is 3. The Morgan fingerprint density at radius 3 is 2.86 bits per heavy atom. The third kappa shape index (κ3) is 4.15. The number of aliphatic carboxylic acids is 1. The van der Waals surface area contributed by atoms with E-state index in [2.05, 4.69) is 5.32 Å². The number of halogens is 2. The summed E-state index contributed by atoms with van der Waals surface area (Å²) in [6, 6.07) is 3.27. The van der Waals surface area contributed by atoms with Gasteiger partial charge in [-0.3, -0.25) is 14.5 Å². The molecule has 0 saturated carbocycles. The largest absolute Gasteiger partial charge is 0.480 e. The maximum atomic E-state index is 13.0. The van der Waals surface area contributed by atoms with E-state index < -0.39 is 17.8 Å². The van der Waals surface area contributed by atoms with E-state index >= 15 is 0 Å². The molecule has 5 nitrogen and oxygen atoms in total. The van der Waals surface area contributed by atoms with E-state index in [1.165, 1.54) is 18.2 Å². The predicted molar refractivity (Wildman–Crippen MR) is 76.9 cm³/mol. The molecule has 0 spiro atoms. The van der Waals surface area contributed by atoms with Crippen molar-refractivity contribution in [3.05, 3.63) is 29.0 Å². The molecule has 0 bridgehead atoms. The van der Waals surface area contributed by atoms with Gasteiger partial charge in [0.15, 0.2) is 0 Å². The van der Waals surface area contributed by atoms with Crippen LogP contribution in [0.25, 0.3) is 0 Å². The molecule has 0 aromatic heterocycles. The number of rotatable bonds is 4. The van der Waals surface area contributed by atoms with Crippen molar-refractivity contribution in [1.82, 2.24) is 4.90 Å². The maximum absolute atomic E-state index is 13.0. The summed E-state index contributed by atoms with van der Waals surface area (Å²) in [6.45, 7) is 0.570. The molecule has 1 unspecified atom stereocenters. The molecule has 1 fully saturated rings. The third-order valence-corrected chi connectivity index (χ3v) is 3.74. The zero-order valence-corrected chi connectivity index (χ0v) is 12.1. The second-order valence-corrected chi connectivity index (χ2v) is 5.40. The Morgan fingerprint density at radius 2 is 2.19 bits per heavy atom. The molecule has 1 aliphatic heterocycles. The Balaban J connectivity index is 1.97. The first-order valence-electron chi connectivity index (χ1n) is 6.69. The lowest BCUT2D eigenvalue weighted by molar-refractivity contribution is -0.145. The molecule has 1 aromatic rings. The molecule has 1 aromatic carbocycles. The summed E-state index contributed by atoms with van der Waals surface area (Å²) in [5.74, 6) is -1.81. The smallest absolute Gasteiger partial charge is 0.320 e. The topological polar surface area (TPSA) is 69.6 Å². The molecule has 2 N–H and O–H groups in total. The number of hydrogen-bond donors (Lipinski definition) is 2. The minimum Gasteiger partial charge on any atom is -0.480 e. The number of nitrogens with one attached hydrogen (secondary N) is 1. The number of anilines is 1. The fraction of sp³-hybridized carbons (Fsp3) is 0.429. The van der Waals surface area contributed by atoms with Crippen molar-refractivity contribution in [3.8, 4) is 0 Å². The highest BCUT2D eigenvalue weighted by atomic mass is 35.5. The summed E-state index contributed by atoms with van der Waals surface area (Å²) in [4.78, 5) is 24.8. The van der Waals surface area contributed by atoms with Crippen molar-refractivity contribution in [2.45, 2.75) is 25.3 Å². The van der Waals surface area contributed by atoms with Crippen LogP contribution >= 0.6 is 11.6 Å². The van der Waals surface area contributed by atoms with Gasteiger partial charge in [0.05, 0.1) is 11.6 Å². The van der Waals surface area contributed by atoms with E-state index in [1.54, 1.807) is 4.90 Å². The van der Waals surface area contributed by atoms with E-state index in [9.17, 15) is 14.0 Å². The summed E-state index contributed by atoms with van der Waals surface area (Å²) in [7, 11) is 0. The zero-order chi connectivity index (χ0) is 15.4. The summed E-state index contributed by atoms with van der Waals surface area (Å²) in [5.41, 5.74) is 0.385. The van der Waals surface area contributed by atoms with Crippen molar-refractivity contribution in [3.63, 3.8) is 0 Å². The van der Waals surface area contributed by atoms with Crippen molar-refractivity contribution in [2.75, 3.05) is 18.4 Å². The van der Waals surface area contributed by atoms with E-state index in [1.807, 2.05) is 0 Å². The van der Waals surface area contributed by atoms with E-state index in [0.717, 1.165) is 12.8 Å². The number of carbonyl (C=O) groups excluding carboxylic acids is 1. The number of carbonyl (C=O) groups is 2. The molecular weight excluding hydrogens is 299 g/mol. The first kappa shape index (κ1) is 15.7. The number of nitrogens with zero attached hydrogens (tertiary/aromatic N) is 1. The molecule has 1 saturated heterocycles. The summed E-state index contributed by atoms with van der Waals surface area (Å²) < 4.78 is 13.0. The molecule has 1 amide bonds. The SMILES string of the molecule is O=C(CN1CCCCC1C(=O)O)Nc1ccc(F)c(Cl)c1. The number of amides is 1. The molecule has 0 aliphatic carbocycles. The van der Waals surface area contributed by atoms with Crippen molar-refractivity contribution < 1.29 is 19.1 Å². The fourth-order valence-electron chi connectivity index (χ4n) is 2.42. The van der Waals surface area contributed by atoms with Crippen LogP contribution in [0.15, 0.2) is 18.2 Å². The standard InChI is InChI=1S/C14H16ClFN2O3/c15-10-7-9(4-5-11(10)16)17-13(19)8-18-6-2-1-3-12(18)14(20)21/h4-5,7,12H,1-3,6,8H2,(H,17,19)(H,20,21). The molecule has 7 heteroatoms. The third-order valence-electron chi connectivity index (χ3n) is 3.45. The predicted octanol–water partition coefficient (Wildman–Crippen LogP) is 2.36. The summed E-state index contributed by atoms with van der Waals surface area (Å²) in [6.07, 6.45) is 2.27. The van der Waals surface area contributed by atoms with Gasteiger partial charge in [0.25, 0.3) is 0 Å². The Morgan fingerprint density at radius 1 is 1.43 bits per heavy atom. The molecule has 2 rings (SSSR count). The monoisotopic (exact) mass is 314 g/mol. The van der Waals surface area contributed by atoms with Crippen LogP contribution < -0.4 is 5.32 Å². The fourth-order valence-corrected chi connectivity index (χ4v) is 2.60. The minimum atomic E-state index is -0.910. The van der Waals surface area contributed by atoms with Crippen LogP contribution in [0, 0.1) is 5.82 Å². The normalized spacial score (nSPS) is 19.2. The van der Waals surface area contributed by atoms with Gasteiger partial charge in [-0.05, 0) is 37.6 Å². The first-order valence-corrected chi connectivity index (χ1v) is 7.07. The highest BCUT2D eigenvalue weighted by Crippen LogP contribution is 2.20. The van der Waals surface area contributed by atoms with Gasteiger partial charge in [-0.2, -0.15) is 0 Å². The van der Waals surface area contributed by atoms with Gasteiger partial charge in [0, 0.05) is 5.69 Å². The Kier molecular flexibility index (Phi) is 5.14. The van der Waals surface area contributed by atoms with Gasteiger partial charge < -0.3 is 10.4 Å². The lowest BCUT2D eigenvalue weighted by atomic mass is 10.0. The highest BCUT2D eigenvalue weighted by molar-refractivity contribution is 6.31. The Bertz CT molecular complexity index is 553. The molecular formula is C14H16ClFN2O3. The lowest BCUT2D eigenvalue weighted by Crippen LogP contribution is -2.47. The van der Waals surface area contributed by atoms with Crippen molar-refractivity contribution in [1.29, 1.82) is 0 Å². The maximum Gasteiger partial charge on any atom is 0.320 e. The van der Waals surface area contributed by atoms with Gasteiger partial charge in [-0.25, -0.2) is 4.39 Å². The molecule has 1 atom stereocenters. The van der Waals surface area contributed by atoms with Crippen LogP contribution in [0.2, 0.25) is 5.02 Å². The van der Waals surface area contributed by atoms with Crippen LogP contribution in [0.3, 0.4) is 0 Å². The van der Waals surface area contributed by atoms with Gasteiger partial charge in [0.2, 0.25) is 5.91 Å². The lowest BCUT2D eigenvalue weighted by Gasteiger charge is -2.32. The molecule has 21 heavy (non-hydrogen) atoms. The van der Waals surface area contributed by atoms with Crippen LogP contribution in [0.5, 0.6) is 0 Å². The van der Waals surface area contributed by atoms with Crippen LogP contribution in [-0.4, -0.2) is 41.0 Å². The second kappa shape index (κ2) is 6.87. The number of carboxylic acids is 1. The van der Waals surface area contributed by atoms with Crippen LogP contribution in [0.4, 0.5) is 10.1 Å². The first-order chi connectivity index (χ1) is 9.97. The average Bonchev–Trinajstić information content (AvgIpc) is 2.43. The van der Waals surface area contributed by atoms with E-state index in [0.29, 0.717) is 18.7 Å². The highest BCUT2D eigenvalue weighted by Gasteiger charge is 2.29. The molecule has 1 heterocycles. The summed E-state index contributed by atoms with van der Waals surface area (Å²) in [5, 5.41) is 11.7. The molecule has 1 aliphatic rings.